The smallest absolute Gasteiger partial charge is 0.0468 e. The quantitative estimate of drug-likeness (QED) is 0.243. The maximum absolute atomic E-state index is 2.41. The average Bonchev–Trinajstić information content (AvgIpc) is 3.37. The third kappa shape index (κ3) is 3.14. The zero-order valence-corrected chi connectivity index (χ0v) is 21.6. The summed E-state index contributed by atoms with van der Waals surface area (Å²) >= 11 is 1.87. The van der Waals surface area contributed by atoms with Crippen molar-refractivity contribution in [3.63, 3.8) is 0 Å². The van der Waals surface area contributed by atoms with Gasteiger partial charge in [-0.25, -0.2) is 0 Å². The Bertz CT molecular complexity index is 1790. The number of thiophene rings is 1. The number of hydrogen-bond acceptors (Lipinski definition) is 2. The third-order valence-electron chi connectivity index (χ3n) is 7.70. The van der Waals surface area contributed by atoms with E-state index in [-0.39, 0.29) is 5.41 Å². The van der Waals surface area contributed by atoms with Crippen molar-refractivity contribution in [1.29, 1.82) is 0 Å². The summed E-state index contributed by atoms with van der Waals surface area (Å²) in [5.41, 5.74) is 10.3. The van der Waals surface area contributed by atoms with Crippen LogP contribution in [0.4, 0.5) is 17.1 Å². The lowest BCUT2D eigenvalue weighted by molar-refractivity contribution is 0.660. The molecular weight excluding hydrogens is 454 g/mol. The molecule has 174 valence electrons. The molecule has 36 heavy (non-hydrogen) atoms. The monoisotopic (exact) mass is 481 g/mol. The van der Waals surface area contributed by atoms with Crippen LogP contribution < -0.4 is 4.90 Å². The lowest BCUT2D eigenvalue weighted by Gasteiger charge is -2.28. The number of hydrogen-bond donors (Lipinski definition) is 0. The highest BCUT2D eigenvalue weighted by Gasteiger charge is 2.35. The van der Waals surface area contributed by atoms with Gasteiger partial charge in [-0.15, -0.1) is 11.3 Å². The molecule has 0 atom stereocenters. The Morgan fingerprint density at radius 3 is 2.14 bits per heavy atom. The standard InChI is InChI=1S/C34H27NS/c1-22-9-8-10-23(19-22)35(24-16-18-33-29(20-24)28-12-5-7-14-32(28)36-33)25-15-17-27-26-11-4-6-13-30(26)34(2,3)31(27)21-25/h4-21H,1-3H3. The summed E-state index contributed by atoms with van der Waals surface area (Å²) in [4.78, 5) is 2.41. The highest BCUT2D eigenvalue weighted by molar-refractivity contribution is 7.25. The maximum atomic E-state index is 2.41. The van der Waals surface area contributed by atoms with E-state index in [1.807, 2.05) is 11.3 Å². The first kappa shape index (κ1) is 21.4. The zero-order valence-electron chi connectivity index (χ0n) is 20.7. The number of aryl methyl sites for hydroxylation is 1. The van der Waals surface area contributed by atoms with Crippen LogP contribution in [-0.2, 0) is 5.41 Å². The van der Waals surface area contributed by atoms with Crippen molar-refractivity contribution in [1.82, 2.24) is 0 Å². The Balaban J connectivity index is 1.45. The molecular formula is C34H27NS. The number of benzene rings is 5. The number of fused-ring (bicyclic) bond motifs is 6. The molecule has 1 aromatic heterocycles. The Kier molecular flexibility index (Phi) is 4.64. The molecule has 0 fully saturated rings. The van der Waals surface area contributed by atoms with Crippen LogP contribution in [0.3, 0.4) is 0 Å². The van der Waals surface area contributed by atoms with Crippen molar-refractivity contribution in [2.75, 3.05) is 4.90 Å². The van der Waals surface area contributed by atoms with Crippen molar-refractivity contribution < 1.29 is 0 Å². The largest absolute Gasteiger partial charge is 0.310 e. The van der Waals surface area contributed by atoms with E-state index < -0.39 is 0 Å². The van der Waals surface area contributed by atoms with Gasteiger partial charge in [0.05, 0.1) is 0 Å². The van der Waals surface area contributed by atoms with E-state index >= 15 is 0 Å². The Morgan fingerprint density at radius 2 is 1.25 bits per heavy atom. The molecule has 1 aliphatic rings. The van der Waals surface area contributed by atoms with Crippen LogP contribution in [0.1, 0.15) is 30.5 Å². The van der Waals surface area contributed by atoms with Gasteiger partial charge < -0.3 is 4.90 Å². The SMILES string of the molecule is Cc1cccc(N(c2ccc3c(c2)C(C)(C)c2ccccc2-3)c2ccc3sc4ccccc4c3c2)c1. The molecule has 0 unspecified atom stereocenters. The van der Waals surface area contributed by atoms with Crippen molar-refractivity contribution in [3.8, 4) is 11.1 Å². The van der Waals surface area contributed by atoms with Crippen molar-refractivity contribution in [3.05, 3.63) is 126 Å². The molecule has 6 aromatic rings. The molecule has 1 heterocycles. The molecule has 0 radical (unpaired) electrons. The maximum Gasteiger partial charge on any atom is 0.0468 e. The Labute approximate surface area is 216 Å². The normalized spacial score (nSPS) is 13.6. The molecule has 0 spiro atoms. The molecule has 0 aliphatic heterocycles. The molecule has 2 heteroatoms. The molecule has 1 aliphatic carbocycles. The summed E-state index contributed by atoms with van der Waals surface area (Å²) in [6, 6.07) is 40.3. The van der Waals surface area contributed by atoms with Gasteiger partial charge >= 0.3 is 0 Å². The van der Waals surface area contributed by atoms with E-state index in [1.165, 1.54) is 65.1 Å². The van der Waals surface area contributed by atoms with E-state index in [0.717, 1.165) is 0 Å². The molecule has 0 amide bonds. The average molecular weight is 482 g/mol. The minimum Gasteiger partial charge on any atom is -0.310 e. The molecule has 5 aromatic carbocycles. The fourth-order valence-corrected chi connectivity index (χ4v) is 6.99. The highest BCUT2D eigenvalue weighted by atomic mass is 32.1. The summed E-state index contributed by atoms with van der Waals surface area (Å²) < 4.78 is 2.67. The first-order chi connectivity index (χ1) is 17.5. The molecule has 0 bridgehead atoms. The van der Waals surface area contributed by atoms with E-state index in [2.05, 4.69) is 135 Å². The first-order valence-electron chi connectivity index (χ1n) is 12.5. The fourth-order valence-electron chi connectivity index (χ4n) is 5.90. The predicted octanol–water partition coefficient (Wildman–Crippen LogP) is 10.1. The van der Waals surface area contributed by atoms with Crippen molar-refractivity contribution in [2.24, 2.45) is 0 Å². The van der Waals surface area contributed by atoms with Crippen LogP contribution in [0.15, 0.2) is 109 Å². The topological polar surface area (TPSA) is 3.24 Å². The highest BCUT2D eigenvalue weighted by Crippen LogP contribution is 2.50. The number of nitrogens with zero attached hydrogens (tertiary/aromatic N) is 1. The van der Waals surface area contributed by atoms with Gasteiger partial charge in [-0.3, -0.25) is 0 Å². The molecule has 7 rings (SSSR count). The number of rotatable bonds is 3. The zero-order chi connectivity index (χ0) is 24.4. The summed E-state index contributed by atoms with van der Waals surface area (Å²) in [5, 5.41) is 2.65. The van der Waals surface area contributed by atoms with Gasteiger partial charge in [0.2, 0.25) is 0 Å². The second-order valence-electron chi connectivity index (χ2n) is 10.4. The second kappa shape index (κ2) is 7.81. The van der Waals surface area contributed by atoms with Crippen LogP contribution in [0.2, 0.25) is 0 Å². The van der Waals surface area contributed by atoms with Crippen LogP contribution >= 0.6 is 11.3 Å². The van der Waals surface area contributed by atoms with Crippen LogP contribution in [-0.4, -0.2) is 0 Å². The minimum atomic E-state index is -0.0340. The second-order valence-corrected chi connectivity index (χ2v) is 11.4. The van der Waals surface area contributed by atoms with E-state index in [1.54, 1.807) is 0 Å². The Morgan fingerprint density at radius 1 is 0.556 bits per heavy atom. The van der Waals surface area contributed by atoms with Gasteiger partial charge in [0, 0.05) is 42.6 Å². The minimum absolute atomic E-state index is 0.0340. The first-order valence-corrected chi connectivity index (χ1v) is 13.3. The Hall–Kier alpha value is -3.88. The lowest BCUT2D eigenvalue weighted by Crippen LogP contribution is -2.16. The van der Waals surface area contributed by atoms with E-state index in [9.17, 15) is 0 Å². The summed E-state index contributed by atoms with van der Waals surface area (Å²) in [6.45, 7) is 6.86. The van der Waals surface area contributed by atoms with Gasteiger partial charge in [-0.2, -0.15) is 0 Å². The molecule has 0 saturated carbocycles. The van der Waals surface area contributed by atoms with E-state index in [0.29, 0.717) is 0 Å². The van der Waals surface area contributed by atoms with Crippen LogP contribution in [0.5, 0.6) is 0 Å². The summed E-state index contributed by atoms with van der Waals surface area (Å²) in [5.74, 6) is 0. The van der Waals surface area contributed by atoms with Gasteiger partial charge in [-0.05, 0) is 83.3 Å². The van der Waals surface area contributed by atoms with Gasteiger partial charge in [0.15, 0.2) is 0 Å². The van der Waals surface area contributed by atoms with Crippen LogP contribution in [0, 0.1) is 6.92 Å². The van der Waals surface area contributed by atoms with Crippen molar-refractivity contribution in [2.45, 2.75) is 26.2 Å². The molecule has 0 N–H and O–H groups in total. The lowest BCUT2D eigenvalue weighted by atomic mass is 9.82. The third-order valence-corrected chi connectivity index (χ3v) is 8.86. The molecule has 1 nitrogen and oxygen atoms in total. The van der Waals surface area contributed by atoms with Crippen molar-refractivity contribution >= 4 is 48.6 Å². The van der Waals surface area contributed by atoms with Gasteiger partial charge in [-0.1, -0.05) is 74.5 Å². The van der Waals surface area contributed by atoms with Gasteiger partial charge in [0.25, 0.3) is 0 Å². The van der Waals surface area contributed by atoms with E-state index in [4.69, 9.17) is 0 Å². The predicted molar refractivity (Wildman–Crippen MR) is 156 cm³/mol. The summed E-state index contributed by atoms with van der Waals surface area (Å²) in [7, 11) is 0. The summed E-state index contributed by atoms with van der Waals surface area (Å²) in [6.07, 6.45) is 0. The number of anilines is 3. The molecule has 0 saturated heterocycles. The fraction of sp³-hybridized carbons (Fsp3) is 0.118. The van der Waals surface area contributed by atoms with Gasteiger partial charge in [0.1, 0.15) is 0 Å². The van der Waals surface area contributed by atoms with Crippen LogP contribution in [0.25, 0.3) is 31.3 Å².